The second-order valence-electron chi connectivity index (χ2n) is 7.48. The van der Waals surface area contributed by atoms with E-state index < -0.39 is 0 Å². The van der Waals surface area contributed by atoms with Crippen molar-refractivity contribution in [2.75, 3.05) is 19.6 Å². The molecule has 6 nitrogen and oxygen atoms in total. The highest BCUT2D eigenvalue weighted by Crippen LogP contribution is 2.25. The average molecular weight is 365 g/mol. The molecular formula is C21H27N5O. The molecule has 0 aromatic carbocycles. The van der Waals surface area contributed by atoms with Gasteiger partial charge < -0.3 is 5.32 Å². The zero-order valence-electron chi connectivity index (χ0n) is 15.9. The van der Waals surface area contributed by atoms with Crippen LogP contribution in [-0.2, 0) is 24.1 Å². The van der Waals surface area contributed by atoms with Crippen molar-refractivity contribution in [3.63, 3.8) is 0 Å². The summed E-state index contributed by atoms with van der Waals surface area (Å²) in [5.41, 5.74) is 4.59. The van der Waals surface area contributed by atoms with Crippen molar-refractivity contribution in [3.8, 4) is 0 Å². The number of hydrogen-bond acceptors (Lipinski definition) is 5. The summed E-state index contributed by atoms with van der Waals surface area (Å²) >= 11 is 0. The van der Waals surface area contributed by atoms with E-state index >= 15 is 0 Å². The van der Waals surface area contributed by atoms with Gasteiger partial charge in [-0.25, -0.2) is 9.97 Å². The highest BCUT2D eigenvalue weighted by atomic mass is 16.2. The van der Waals surface area contributed by atoms with Crippen LogP contribution >= 0.6 is 0 Å². The van der Waals surface area contributed by atoms with E-state index in [0.717, 1.165) is 55.9 Å². The monoisotopic (exact) mass is 365 g/mol. The molecule has 0 spiro atoms. The van der Waals surface area contributed by atoms with Crippen LogP contribution in [-0.4, -0.2) is 45.4 Å². The van der Waals surface area contributed by atoms with Crippen LogP contribution in [0.1, 0.15) is 53.6 Å². The molecule has 27 heavy (non-hydrogen) atoms. The van der Waals surface area contributed by atoms with Crippen LogP contribution in [0.3, 0.4) is 0 Å². The fourth-order valence-corrected chi connectivity index (χ4v) is 4.25. The Morgan fingerprint density at radius 2 is 2.07 bits per heavy atom. The molecular weight excluding hydrogens is 338 g/mol. The number of nitrogens with one attached hydrogen (secondary N) is 1. The normalized spacial score (nSPS) is 17.7. The van der Waals surface area contributed by atoms with Gasteiger partial charge in [0.25, 0.3) is 0 Å². The van der Waals surface area contributed by atoms with Crippen LogP contribution in [0, 0.1) is 6.92 Å². The molecule has 142 valence electrons. The summed E-state index contributed by atoms with van der Waals surface area (Å²) in [6, 6.07) is 3.62. The number of amides is 1. The number of rotatable bonds is 6. The van der Waals surface area contributed by atoms with Gasteiger partial charge in [0.2, 0.25) is 5.91 Å². The molecule has 3 heterocycles. The topological polar surface area (TPSA) is 71.0 Å². The Bertz CT molecular complexity index is 802. The summed E-state index contributed by atoms with van der Waals surface area (Å²) in [6.07, 6.45) is 9.83. The maximum absolute atomic E-state index is 13.0. The summed E-state index contributed by atoms with van der Waals surface area (Å²) in [5, 5.41) is 3.11. The smallest absolute Gasteiger partial charge is 0.242 e. The summed E-state index contributed by atoms with van der Waals surface area (Å²) in [7, 11) is 0. The van der Waals surface area contributed by atoms with Gasteiger partial charge in [-0.15, -0.1) is 0 Å². The molecule has 0 radical (unpaired) electrons. The van der Waals surface area contributed by atoms with Gasteiger partial charge >= 0.3 is 0 Å². The lowest BCUT2D eigenvalue weighted by Gasteiger charge is -2.26. The van der Waals surface area contributed by atoms with Gasteiger partial charge in [0.05, 0.1) is 0 Å². The van der Waals surface area contributed by atoms with Crippen LogP contribution in [0.2, 0.25) is 0 Å². The quantitative estimate of drug-likeness (QED) is 0.849. The van der Waals surface area contributed by atoms with Crippen LogP contribution in [0.4, 0.5) is 0 Å². The maximum atomic E-state index is 13.0. The Kier molecular flexibility index (Phi) is 5.43. The van der Waals surface area contributed by atoms with E-state index in [1.165, 1.54) is 17.7 Å². The van der Waals surface area contributed by atoms with Gasteiger partial charge in [-0.1, -0.05) is 6.07 Å². The van der Waals surface area contributed by atoms with Gasteiger partial charge in [-0.3, -0.25) is 14.7 Å². The summed E-state index contributed by atoms with van der Waals surface area (Å²) in [5.74, 6) is 0.885. The highest BCUT2D eigenvalue weighted by molar-refractivity contribution is 5.83. The number of fused-ring (bicyclic) bond motifs is 1. The molecule has 1 atom stereocenters. The Hall–Kier alpha value is -2.34. The van der Waals surface area contributed by atoms with Crippen molar-refractivity contribution in [2.45, 2.75) is 51.5 Å². The Morgan fingerprint density at radius 3 is 2.85 bits per heavy atom. The first-order chi connectivity index (χ1) is 13.2. The first kappa shape index (κ1) is 18.0. The van der Waals surface area contributed by atoms with Crippen molar-refractivity contribution >= 4 is 5.91 Å². The molecule has 2 aromatic rings. The average Bonchev–Trinajstić information content (AvgIpc) is 3.35. The molecule has 1 amide bonds. The van der Waals surface area contributed by atoms with E-state index in [1.807, 2.05) is 12.1 Å². The third-order valence-corrected chi connectivity index (χ3v) is 5.59. The summed E-state index contributed by atoms with van der Waals surface area (Å²) in [4.78, 5) is 28.8. The first-order valence-corrected chi connectivity index (χ1v) is 9.99. The van der Waals surface area contributed by atoms with Crippen LogP contribution in [0.25, 0.3) is 0 Å². The minimum Gasteiger partial charge on any atom is -0.354 e. The number of hydrogen-bond donors (Lipinski definition) is 1. The number of likely N-dealkylation sites (tertiary alicyclic amines) is 1. The van der Waals surface area contributed by atoms with Crippen LogP contribution in [0.15, 0.2) is 24.5 Å². The Labute approximate surface area is 160 Å². The molecule has 2 aliphatic rings. The molecule has 1 saturated heterocycles. The van der Waals surface area contributed by atoms with Crippen molar-refractivity contribution in [3.05, 3.63) is 52.9 Å². The molecule has 0 bridgehead atoms. The van der Waals surface area contributed by atoms with E-state index in [0.29, 0.717) is 13.0 Å². The number of aryl methyl sites for hydroxylation is 2. The SMILES string of the molecule is Cc1nc(CCNC(=O)C(c2cccnc2)N2CCCC2)nc2c1CCC2. The van der Waals surface area contributed by atoms with Gasteiger partial charge in [-0.2, -0.15) is 0 Å². The number of pyridine rings is 1. The van der Waals surface area contributed by atoms with Crippen molar-refractivity contribution in [2.24, 2.45) is 0 Å². The molecule has 4 rings (SSSR count). The molecule has 0 saturated carbocycles. The number of carbonyl (C=O) groups excluding carboxylic acids is 1. The van der Waals surface area contributed by atoms with E-state index in [9.17, 15) is 4.79 Å². The third kappa shape index (κ3) is 4.00. The predicted octanol–water partition coefficient (Wildman–Crippen LogP) is 2.16. The second kappa shape index (κ2) is 8.13. The van der Waals surface area contributed by atoms with Gasteiger partial charge in [0, 0.05) is 36.7 Å². The summed E-state index contributed by atoms with van der Waals surface area (Å²) < 4.78 is 0. The zero-order chi connectivity index (χ0) is 18.6. The van der Waals surface area contributed by atoms with Crippen molar-refractivity contribution < 1.29 is 4.79 Å². The molecule has 1 aliphatic carbocycles. The van der Waals surface area contributed by atoms with E-state index in [2.05, 4.69) is 27.1 Å². The summed E-state index contributed by atoms with van der Waals surface area (Å²) in [6.45, 7) is 4.54. The molecule has 1 aliphatic heterocycles. The Morgan fingerprint density at radius 1 is 1.22 bits per heavy atom. The molecule has 1 N–H and O–H groups in total. The lowest BCUT2D eigenvalue weighted by molar-refractivity contribution is -0.126. The van der Waals surface area contributed by atoms with Crippen molar-refractivity contribution in [1.82, 2.24) is 25.2 Å². The molecule has 2 aromatic heterocycles. The van der Waals surface area contributed by atoms with Crippen LogP contribution < -0.4 is 5.32 Å². The fraction of sp³-hybridized carbons (Fsp3) is 0.524. The largest absolute Gasteiger partial charge is 0.354 e. The van der Waals surface area contributed by atoms with Gasteiger partial charge in [-0.05, 0) is 69.3 Å². The lowest BCUT2D eigenvalue weighted by atomic mass is 10.1. The van der Waals surface area contributed by atoms with E-state index in [4.69, 9.17) is 4.98 Å². The molecule has 1 fully saturated rings. The standard InChI is InChI=1S/C21H27N5O/c1-15-17-7-4-8-18(17)25-19(24-15)9-11-23-21(27)20(26-12-2-3-13-26)16-6-5-10-22-14-16/h5-6,10,14,20H,2-4,7-9,11-13H2,1H3,(H,23,27). The van der Waals surface area contributed by atoms with E-state index in [-0.39, 0.29) is 11.9 Å². The minimum atomic E-state index is -0.260. The predicted molar refractivity (Wildman–Crippen MR) is 103 cm³/mol. The second-order valence-corrected chi connectivity index (χ2v) is 7.48. The fourth-order valence-electron chi connectivity index (χ4n) is 4.25. The zero-order valence-corrected chi connectivity index (χ0v) is 15.9. The lowest BCUT2D eigenvalue weighted by Crippen LogP contribution is -2.40. The minimum absolute atomic E-state index is 0.0442. The number of nitrogens with zero attached hydrogens (tertiary/aromatic N) is 4. The third-order valence-electron chi connectivity index (χ3n) is 5.59. The van der Waals surface area contributed by atoms with Gasteiger partial charge in [0.15, 0.2) is 0 Å². The Balaban J connectivity index is 1.40. The number of carbonyl (C=O) groups is 1. The molecule has 6 heteroatoms. The van der Waals surface area contributed by atoms with E-state index in [1.54, 1.807) is 12.4 Å². The molecule has 1 unspecified atom stereocenters. The van der Waals surface area contributed by atoms with Gasteiger partial charge in [0.1, 0.15) is 11.9 Å². The van der Waals surface area contributed by atoms with Crippen LogP contribution in [0.5, 0.6) is 0 Å². The maximum Gasteiger partial charge on any atom is 0.242 e. The highest BCUT2D eigenvalue weighted by Gasteiger charge is 2.29. The van der Waals surface area contributed by atoms with Crippen molar-refractivity contribution in [1.29, 1.82) is 0 Å². The first-order valence-electron chi connectivity index (χ1n) is 9.99. The number of aromatic nitrogens is 3.